The number of nitrogens with zero attached hydrogens (tertiary/aromatic N) is 1. The Bertz CT molecular complexity index is 639. The van der Waals surface area contributed by atoms with E-state index in [2.05, 4.69) is 34.7 Å². The maximum absolute atomic E-state index is 5.35. The van der Waals surface area contributed by atoms with Crippen molar-refractivity contribution in [1.82, 2.24) is 10.6 Å². The predicted molar refractivity (Wildman–Crippen MR) is 104 cm³/mol. The van der Waals surface area contributed by atoms with E-state index in [1.54, 1.807) is 20.5 Å². The molecular formula is C20H29N3O3. The summed E-state index contributed by atoms with van der Waals surface area (Å²) in [5, 5.41) is 6.75. The Morgan fingerprint density at radius 3 is 2.62 bits per heavy atom. The van der Waals surface area contributed by atoms with E-state index in [1.807, 2.05) is 24.3 Å². The first-order valence-electron chi connectivity index (χ1n) is 8.90. The summed E-state index contributed by atoms with van der Waals surface area (Å²) in [6.07, 6.45) is 3.37. The molecule has 0 saturated heterocycles. The van der Waals surface area contributed by atoms with Crippen LogP contribution in [0, 0.1) is 0 Å². The van der Waals surface area contributed by atoms with Crippen LogP contribution in [-0.2, 0) is 17.6 Å². The number of aliphatic imine (C=N–C) groups is 1. The minimum atomic E-state index is 0.177. The summed E-state index contributed by atoms with van der Waals surface area (Å²) in [4.78, 5) is 4.64. The zero-order chi connectivity index (χ0) is 18.6. The molecule has 2 rings (SSSR count). The van der Waals surface area contributed by atoms with Gasteiger partial charge in [-0.05, 0) is 43.2 Å². The molecule has 0 aliphatic rings. The zero-order valence-electron chi connectivity index (χ0n) is 15.8. The smallest absolute Gasteiger partial charge is 0.191 e. The van der Waals surface area contributed by atoms with Crippen molar-refractivity contribution in [2.24, 2.45) is 4.99 Å². The Hall–Kier alpha value is -2.47. The highest BCUT2D eigenvalue weighted by atomic mass is 16.5. The number of benzene rings is 1. The second kappa shape index (κ2) is 11.2. The van der Waals surface area contributed by atoms with Gasteiger partial charge < -0.3 is 24.5 Å². The molecule has 0 spiro atoms. The van der Waals surface area contributed by atoms with Gasteiger partial charge >= 0.3 is 0 Å². The van der Waals surface area contributed by atoms with Crippen molar-refractivity contribution in [3.63, 3.8) is 0 Å². The molecule has 1 heterocycles. The first-order valence-corrected chi connectivity index (χ1v) is 8.90. The quantitative estimate of drug-likeness (QED) is 0.504. The molecule has 2 N–H and O–H groups in total. The summed E-state index contributed by atoms with van der Waals surface area (Å²) in [6, 6.07) is 12.2. The van der Waals surface area contributed by atoms with Gasteiger partial charge in [-0.2, -0.15) is 0 Å². The number of guanidine groups is 1. The Balaban J connectivity index is 1.84. The largest absolute Gasteiger partial charge is 0.497 e. The summed E-state index contributed by atoms with van der Waals surface area (Å²) < 4.78 is 15.7. The monoisotopic (exact) mass is 359 g/mol. The minimum Gasteiger partial charge on any atom is -0.497 e. The van der Waals surface area contributed by atoms with Crippen LogP contribution in [0.5, 0.6) is 5.75 Å². The van der Waals surface area contributed by atoms with E-state index in [0.717, 1.165) is 36.9 Å². The molecule has 0 bridgehead atoms. The fourth-order valence-corrected chi connectivity index (χ4v) is 2.53. The van der Waals surface area contributed by atoms with Gasteiger partial charge in [0.25, 0.3) is 0 Å². The normalized spacial score (nSPS) is 12.7. The lowest BCUT2D eigenvalue weighted by Gasteiger charge is -2.17. The van der Waals surface area contributed by atoms with Gasteiger partial charge in [0.1, 0.15) is 11.5 Å². The van der Waals surface area contributed by atoms with E-state index < -0.39 is 0 Å². The average molecular weight is 359 g/mol. The third-order valence-corrected chi connectivity index (χ3v) is 3.87. The molecule has 142 valence electrons. The van der Waals surface area contributed by atoms with Crippen molar-refractivity contribution < 1.29 is 13.9 Å². The van der Waals surface area contributed by atoms with Gasteiger partial charge in [-0.1, -0.05) is 12.1 Å². The predicted octanol–water partition coefficient (Wildman–Crippen LogP) is 2.64. The van der Waals surface area contributed by atoms with Crippen molar-refractivity contribution in [1.29, 1.82) is 0 Å². The molecule has 6 nitrogen and oxygen atoms in total. The Morgan fingerprint density at radius 2 is 1.96 bits per heavy atom. The third-order valence-electron chi connectivity index (χ3n) is 3.87. The van der Waals surface area contributed by atoms with Crippen LogP contribution < -0.4 is 15.4 Å². The van der Waals surface area contributed by atoms with Crippen LogP contribution >= 0.6 is 0 Å². The summed E-state index contributed by atoms with van der Waals surface area (Å²) in [5.74, 6) is 2.60. The van der Waals surface area contributed by atoms with Gasteiger partial charge in [0.05, 0.1) is 20.0 Å². The topological polar surface area (TPSA) is 68.0 Å². The lowest BCUT2D eigenvalue weighted by atomic mass is 10.1. The molecule has 0 amide bonds. The Kier molecular flexibility index (Phi) is 8.55. The Labute approximate surface area is 155 Å². The molecule has 2 aromatic rings. The second-order valence-corrected chi connectivity index (χ2v) is 6.09. The van der Waals surface area contributed by atoms with E-state index in [0.29, 0.717) is 13.2 Å². The van der Waals surface area contributed by atoms with Crippen LogP contribution in [0.15, 0.2) is 52.1 Å². The second-order valence-electron chi connectivity index (χ2n) is 6.09. The van der Waals surface area contributed by atoms with E-state index in [4.69, 9.17) is 13.9 Å². The highest BCUT2D eigenvalue weighted by Crippen LogP contribution is 2.11. The van der Waals surface area contributed by atoms with Gasteiger partial charge in [0.2, 0.25) is 0 Å². The van der Waals surface area contributed by atoms with Crippen molar-refractivity contribution in [3.05, 3.63) is 54.0 Å². The molecule has 1 atom stereocenters. The molecule has 0 aliphatic carbocycles. The highest BCUT2D eigenvalue weighted by molar-refractivity contribution is 5.80. The van der Waals surface area contributed by atoms with Crippen LogP contribution in [-0.4, -0.2) is 45.9 Å². The summed E-state index contributed by atoms with van der Waals surface area (Å²) in [7, 11) is 3.37. The molecule has 0 fully saturated rings. The average Bonchev–Trinajstić information content (AvgIpc) is 3.16. The molecule has 0 aliphatic heterocycles. The number of hydrogen-bond acceptors (Lipinski definition) is 4. The van der Waals surface area contributed by atoms with Crippen LogP contribution in [0.25, 0.3) is 0 Å². The maximum Gasteiger partial charge on any atom is 0.191 e. The van der Waals surface area contributed by atoms with E-state index in [9.17, 15) is 0 Å². The molecule has 0 radical (unpaired) electrons. The number of furan rings is 1. The van der Waals surface area contributed by atoms with Crippen LogP contribution in [0.1, 0.15) is 18.2 Å². The summed E-state index contributed by atoms with van der Waals surface area (Å²) in [5.41, 5.74) is 1.25. The van der Waals surface area contributed by atoms with Gasteiger partial charge in [-0.25, -0.2) is 0 Å². The fourth-order valence-electron chi connectivity index (χ4n) is 2.53. The van der Waals surface area contributed by atoms with E-state index in [-0.39, 0.29) is 6.04 Å². The molecular weight excluding hydrogens is 330 g/mol. The SMILES string of the molecule is COCC(C)NC(=NCCc1ccco1)NCCc1ccc(OC)cc1. The number of nitrogens with one attached hydrogen (secondary N) is 2. The molecule has 26 heavy (non-hydrogen) atoms. The lowest BCUT2D eigenvalue weighted by Crippen LogP contribution is -2.44. The number of ether oxygens (including phenoxy) is 2. The van der Waals surface area contributed by atoms with Crippen LogP contribution in [0.3, 0.4) is 0 Å². The van der Waals surface area contributed by atoms with Gasteiger partial charge in [0.15, 0.2) is 5.96 Å². The standard InChI is InChI=1S/C20H29N3O3/c1-16(15-24-2)23-20(22-13-11-19-5-4-14-26-19)21-12-10-17-6-8-18(25-3)9-7-17/h4-9,14,16H,10-13,15H2,1-3H3,(H2,21,22,23). The van der Waals surface area contributed by atoms with E-state index in [1.165, 1.54) is 5.56 Å². The number of rotatable bonds is 10. The van der Waals surface area contributed by atoms with Crippen molar-refractivity contribution >= 4 is 5.96 Å². The lowest BCUT2D eigenvalue weighted by molar-refractivity contribution is 0.179. The molecule has 1 aromatic carbocycles. The maximum atomic E-state index is 5.35. The van der Waals surface area contributed by atoms with Crippen LogP contribution in [0.2, 0.25) is 0 Å². The molecule has 0 saturated carbocycles. The van der Waals surface area contributed by atoms with Gasteiger partial charge in [-0.15, -0.1) is 0 Å². The zero-order valence-corrected chi connectivity index (χ0v) is 15.8. The van der Waals surface area contributed by atoms with E-state index >= 15 is 0 Å². The van der Waals surface area contributed by atoms with Gasteiger partial charge in [-0.3, -0.25) is 4.99 Å². The van der Waals surface area contributed by atoms with Crippen molar-refractivity contribution in [2.45, 2.75) is 25.8 Å². The summed E-state index contributed by atoms with van der Waals surface area (Å²) in [6.45, 7) is 4.14. The van der Waals surface area contributed by atoms with Gasteiger partial charge in [0, 0.05) is 32.7 Å². The first kappa shape index (κ1) is 19.8. The fraction of sp³-hybridized carbons (Fsp3) is 0.450. The molecule has 6 heteroatoms. The number of methoxy groups -OCH3 is 2. The summed E-state index contributed by atoms with van der Waals surface area (Å²) >= 11 is 0. The van der Waals surface area contributed by atoms with Crippen molar-refractivity contribution in [3.8, 4) is 5.75 Å². The first-order chi connectivity index (χ1) is 12.7. The minimum absolute atomic E-state index is 0.177. The van der Waals surface area contributed by atoms with Crippen molar-refractivity contribution in [2.75, 3.05) is 33.9 Å². The van der Waals surface area contributed by atoms with Crippen LogP contribution in [0.4, 0.5) is 0 Å². The third kappa shape index (κ3) is 7.19. The molecule has 1 aromatic heterocycles. The highest BCUT2D eigenvalue weighted by Gasteiger charge is 2.05. The Morgan fingerprint density at radius 1 is 1.15 bits per heavy atom. The molecule has 1 unspecified atom stereocenters. The number of hydrogen-bond donors (Lipinski definition) is 2.